The molecular formula is C25H31N7O2. The van der Waals surface area contributed by atoms with Gasteiger partial charge in [0.15, 0.2) is 22.7 Å². The van der Waals surface area contributed by atoms with E-state index in [-0.39, 0.29) is 6.04 Å². The smallest absolute Gasteiger partial charge is 0.227 e. The van der Waals surface area contributed by atoms with E-state index in [9.17, 15) is 5.11 Å². The van der Waals surface area contributed by atoms with Crippen molar-refractivity contribution in [3.63, 3.8) is 0 Å². The van der Waals surface area contributed by atoms with Gasteiger partial charge in [0.05, 0.1) is 24.7 Å². The van der Waals surface area contributed by atoms with E-state index in [4.69, 9.17) is 14.4 Å². The highest BCUT2D eigenvalue weighted by Gasteiger charge is 2.23. The summed E-state index contributed by atoms with van der Waals surface area (Å²) in [6.07, 6.45) is 10.3. The molecule has 1 saturated carbocycles. The van der Waals surface area contributed by atoms with Crippen LogP contribution in [0.2, 0.25) is 0 Å². The molecule has 2 unspecified atom stereocenters. The third-order valence-corrected chi connectivity index (χ3v) is 6.53. The van der Waals surface area contributed by atoms with Gasteiger partial charge < -0.3 is 24.7 Å². The van der Waals surface area contributed by atoms with Crippen molar-refractivity contribution in [1.29, 1.82) is 0 Å². The molecule has 34 heavy (non-hydrogen) atoms. The molecule has 9 heteroatoms. The van der Waals surface area contributed by atoms with Gasteiger partial charge in [-0.25, -0.2) is 4.98 Å². The first-order valence-electron chi connectivity index (χ1n) is 12.0. The van der Waals surface area contributed by atoms with Crippen LogP contribution in [0.5, 0.6) is 0 Å². The Morgan fingerprint density at radius 1 is 1.18 bits per heavy atom. The monoisotopic (exact) mass is 461 g/mol. The summed E-state index contributed by atoms with van der Waals surface area (Å²) >= 11 is 0. The molecule has 1 aliphatic carbocycles. The van der Waals surface area contributed by atoms with Crippen LogP contribution in [0.3, 0.4) is 0 Å². The number of anilines is 2. The molecule has 1 fully saturated rings. The normalized spacial score (nSPS) is 16.1. The molecule has 0 aromatic carbocycles. The maximum absolute atomic E-state index is 10.1. The lowest BCUT2D eigenvalue weighted by atomic mass is 10.1. The van der Waals surface area contributed by atoms with Crippen molar-refractivity contribution in [1.82, 2.24) is 24.5 Å². The van der Waals surface area contributed by atoms with Crippen LogP contribution in [0.15, 0.2) is 47.5 Å². The second kappa shape index (κ2) is 9.80. The van der Waals surface area contributed by atoms with Gasteiger partial charge in [0, 0.05) is 18.8 Å². The van der Waals surface area contributed by atoms with E-state index < -0.39 is 6.10 Å². The number of imidazole rings is 1. The van der Waals surface area contributed by atoms with Crippen LogP contribution in [-0.2, 0) is 6.54 Å². The summed E-state index contributed by atoms with van der Waals surface area (Å²) in [6, 6.07) is 7.99. The Morgan fingerprint density at radius 2 is 2.03 bits per heavy atom. The fourth-order valence-electron chi connectivity index (χ4n) is 4.57. The van der Waals surface area contributed by atoms with Crippen LogP contribution >= 0.6 is 0 Å². The van der Waals surface area contributed by atoms with Crippen molar-refractivity contribution in [2.45, 2.75) is 70.7 Å². The lowest BCUT2D eigenvalue weighted by molar-refractivity contribution is 0.169. The van der Waals surface area contributed by atoms with Gasteiger partial charge in [-0.05, 0) is 49.9 Å². The molecule has 4 heterocycles. The first kappa shape index (κ1) is 22.3. The average Bonchev–Trinajstić information content (AvgIpc) is 3.62. The topological polar surface area (TPSA) is 114 Å². The Kier molecular flexibility index (Phi) is 6.44. The third kappa shape index (κ3) is 4.61. The van der Waals surface area contributed by atoms with E-state index >= 15 is 0 Å². The Balaban J connectivity index is 1.42. The van der Waals surface area contributed by atoms with E-state index in [2.05, 4.69) is 25.2 Å². The van der Waals surface area contributed by atoms with Crippen LogP contribution in [0, 0.1) is 0 Å². The van der Waals surface area contributed by atoms with Gasteiger partial charge in [0.2, 0.25) is 5.95 Å². The van der Waals surface area contributed by atoms with Gasteiger partial charge in [0.25, 0.3) is 0 Å². The van der Waals surface area contributed by atoms with E-state index in [1.165, 1.54) is 12.8 Å². The van der Waals surface area contributed by atoms with Crippen LogP contribution in [0.1, 0.15) is 57.6 Å². The number of hydrogen-bond donors (Lipinski definition) is 3. The highest BCUT2D eigenvalue weighted by atomic mass is 16.3. The van der Waals surface area contributed by atoms with Crippen molar-refractivity contribution in [3.8, 4) is 11.5 Å². The number of furan rings is 1. The number of pyridine rings is 1. The van der Waals surface area contributed by atoms with Crippen LogP contribution in [-0.4, -0.2) is 41.8 Å². The largest absolute Gasteiger partial charge is 0.463 e. The zero-order valence-electron chi connectivity index (χ0n) is 19.6. The standard InChI is InChI=1S/C25H31N7O2/c1-3-19(16(2)33)29-25-30-23(22-24(31-25)32(15-28-22)18-7-4-5-8-18)27-14-17-10-11-20(26-13-17)21-9-6-12-34-21/h6,9-13,15-16,18-19,33H,3-5,7-8,14H2,1-2H3,(H2,27,29,30,31). The molecule has 0 bridgehead atoms. The molecule has 4 aromatic heterocycles. The minimum absolute atomic E-state index is 0.133. The minimum Gasteiger partial charge on any atom is -0.463 e. The molecule has 3 N–H and O–H groups in total. The Hall–Kier alpha value is -3.46. The molecule has 178 valence electrons. The molecule has 5 rings (SSSR count). The molecule has 0 amide bonds. The average molecular weight is 462 g/mol. The number of fused-ring (bicyclic) bond motifs is 1. The number of nitrogens with zero attached hydrogens (tertiary/aromatic N) is 5. The maximum atomic E-state index is 10.1. The lowest BCUT2D eigenvalue weighted by Gasteiger charge is -2.20. The molecule has 0 aliphatic heterocycles. The second-order valence-corrected chi connectivity index (χ2v) is 8.94. The summed E-state index contributed by atoms with van der Waals surface area (Å²) in [7, 11) is 0. The van der Waals surface area contributed by atoms with Gasteiger partial charge in [-0.3, -0.25) is 4.98 Å². The van der Waals surface area contributed by atoms with Crippen molar-refractivity contribution in [3.05, 3.63) is 48.6 Å². The summed E-state index contributed by atoms with van der Waals surface area (Å²) in [5.41, 5.74) is 3.38. The highest BCUT2D eigenvalue weighted by molar-refractivity contribution is 5.84. The molecule has 0 radical (unpaired) electrons. The molecule has 2 atom stereocenters. The molecule has 0 saturated heterocycles. The SMILES string of the molecule is CCC(Nc1nc(NCc2ccc(-c3ccco3)nc2)c2ncn(C3CCCC3)c2n1)C(C)O. The Bertz CT molecular complexity index is 1210. The second-order valence-electron chi connectivity index (χ2n) is 8.94. The Labute approximate surface area is 198 Å². The summed E-state index contributed by atoms with van der Waals surface area (Å²) in [4.78, 5) is 18.7. The van der Waals surface area contributed by atoms with Gasteiger partial charge in [0.1, 0.15) is 5.69 Å². The first-order chi connectivity index (χ1) is 16.6. The number of aliphatic hydroxyl groups is 1. The predicted molar refractivity (Wildman–Crippen MR) is 131 cm³/mol. The fourth-order valence-corrected chi connectivity index (χ4v) is 4.57. The van der Waals surface area contributed by atoms with Crippen molar-refractivity contribution < 1.29 is 9.52 Å². The summed E-state index contributed by atoms with van der Waals surface area (Å²) in [6.45, 7) is 4.35. The van der Waals surface area contributed by atoms with E-state index in [1.807, 2.05) is 43.7 Å². The number of rotatable bonds is 9. The number of nitrogens with one attached hydrogen (secondary N) is 2. The quantitative estimate of drug-likeness (QED) is 0.326. The van der Waals surface area contributed by atoms with Crippen molar-refractivity contribution >= 4 is 22.9 Å². The summed E-state index contributed by atoms with van der Waals surface area (Å²) in [5.74, 6) is 1.90. The van der Waals surface area contributed by atoms with E-state index in [0.29, 0.717) is 24.4 Å². The molecule has 9 nitrogen and oxygen atoms in total. The van der Waals surface area contributed by atoms with E-state index in [0.717, 1.165) is 47.4 Å². The zero-order valence-corrected chi connectivity index (χ0v) is 19.6. The van der Waals surface area contributed by atoms with Crippen LogP contribution < -0.4 is 10.6 Å². The van der Waals surface area contributed by atoms with Gasteiger partial charge in [-0.1, -0.05) is 25.8 Å². The molecular weight excluding hydrogens is 430 g/mol. The lowest BCUT2D eigenvalue weighted by Crippen LogP contribution is -2.31. The van der Waals surface area contributed by atoms with Crippen molar-refractivity contribution in [2.24, 2.45) is 0 Å². The minimum atomic E-state index is -0.515. The molecule has 0 spiro atoms. The van der Waals surface area contributed by atoms with Crippen LogP contribution in [0.4, 0.5) is 11.8 Å². The maximum Gasteiger partial charge on any atom is 0.227 e. The molecule has 1 aliphatic rings. The Morgan fingerprint density at radius 3 is 2.71 bits per heavy atom. The van der Waals surface area contributed by atoms with Crippen molar-refractivity contribution in [2.75, 3.05) is 10.6 Å². The number of aliphatic hydroxyl groups excluding tert-OH is 1. The first-order valence-corrected chi connectivity index (χ1v) is 12.0. The summed E-state index contributed by atoms with van der Waals surface area (Å²) < 4.78 is 7.61. The highest BCUT2D eigenvalue weighted by Crippen LogP contribution is 2.33. The van der Waals surface area contributed by atoms with Gasteiger partial charge in [-0.15, -0.1) is 0 Å². The summed E-state index contributed by atoms with van der Waals surface area (Å²) in [5, 5.41) is 16.9. The van der Waals surface area contributed by atoms with Gasteiger partial charge in [-0.2, -0.15) is 9.97 Å². The molecule has 4 aromatic rings. The third-order valence-electron chi connectivity index (χ3n) is 6.53. The predicted octanol–water partition coefficient (Wildman–Crippen LogP) is 4.78. The van der Waals surface area contributed by atoms with Crippen LogP contribution in [0.25, 0.3) is 22.6 Å². The van der Waals surface area contributed by atoms with Gasteiger partial charge >= 0.3 is 0 Å². The fraction of sp³-hybridized carbons (Fsp3) is 0.440. The van der Waals surface area contributed by atoms with E-state index in [1.54, 1.807) is 13.2 Å². The number of hydrogen-bond acceptors (Lipinski definition) is 8. The zero-order chi connectivity index (χ0) is 23.5. The number of aromatic nitrogens is 5.